The number of carbonyl (C=O) groups excluding carboxylic acids is 2. The molecule has 0 radical (unpaired) electrons. The van der Waals surface area contributed by atoms with Gasteiger partial charge in [0.15, 0.2) is 12.4 Å². The summed E-state index contributed by atoms with van der Waals surface area (Å²) < 4.78 is 16.9. The number of anilines is 1. The second kappa shape index (κ2) is 8.95. The minimum absolute atomic E-state index is 0.187. The molecule has 2 heterocycles. The number of aryl methyl sites for hydroxylation is 2. The molecule has 0 bridgehead atoms. The van der Waals surface area contributed by atoms with Crippen molar-refractivity contribution in [3.63, 3.8) is 0 Å². The smallest absolute Gasteiger partial charge is 0.314 e. The summed E-state index contributed by atoms with van der Waals surface area (Å²) in [7, 11) is 2.89. The van der Waals surface area contributed by atoms with Gasteiger partial charge in [-0.2, -0.15) is 4.98 Å². The van der Waals surface area contributed by atoms with E-state index in [1.54, 1.807) is 4.52 Å². The van der Waals surface area contributed by atoms with Crippen molar-refractivity contribution in [2.45, 2.75) is 20.3 Å². The molecule has 0 aliphatic heterocycles. The molecule has 2 aromatic heterocycles. The molecular weight excluding hydrogens is 414 g/mol. The van der Waals surface area contributed by atoms with E-state index in [0.29, 0.717) is 28.0 Å². The van der Waals surface area contributed by atoms with Gasteiger partial charge in [0, 0.05) is 23.5 Å². The van der Waals surface area contributed by atoms with Crippen molar-refractivity contribution in [1.82, 2.24) is 19.6 Å². The Kier molecular flexibility index (Phi) is 6.36. The maximum absolute atomic E-state index is 12.2. The average molecular weight is 434 g/mol. The van der Waals surface area contributed by atoms with Crippen LogP contribution in [0.4, 0.5) is 5.69 Å². The third kappa shape index (κ3) is 4.77. The molecule has 30 heavy (non-hydrogen) atoms. The van der Waals surface area contributed by atoms with Crippen molar-refractivity contribution >= 4 is 34.9 Å². The fourth-order valence-corrected chi connectivity index (χ4v) is 2.98. The number of aromatic nitrogens is 4. The first kappa shape index (κ1) is 21.3. The quantitative estimate of drug-likeness (QED) is 0.563. The molecule has 3 aromatic rings. The van der Waals surface area contributed by atoms with E-state index in [1.165, 1.54) is 26.4 Å². The van der Waals surface area contributed by atoms with Gasteiger partial charge in [0.05, 0.1) is 24.9 Å². The summed E-state index contributed by atoms with van der Waals surface area (Å²) >= 11 is 6.04. The van der Waals surface area contributed by atoms with Crippen LogP contribution in [-0.2, 0) is 20.7 Å². The average Bonchev–Trinajstić information content (AvgIpc) is 3.09. The van der Waals surface area contributed by atoms with Crippen molar-refractivity contribution in [3.8, 4) is 11.5 Å². The highest BCUT2D eigenvalue weighted by atomic mass is 35.5. The van der Waals surface area contributed by atoms with E-state index in [2.05, 4.69) is 20.4 Å². The second-order valence-electron chi connectivity index (χ2n) is 6.35. The van der Waals surface area contributed by atoms with E-state index in [4.69, 9.17) is 25.8 Å². The molecule has 11 heteroatoms. The molecule has 0 saturated carbocycles. The first-order valence-electron chi connectivity index (χ1n) is 8.87. The number of halogens is 1. The van der Waals surface area contributed by atoms with E-state index < -0.39 is 18.5 Å². The molecule has 1 N–H and O–H groups in total. The van der Waals surface area contributed by atoms with Crippen LogP contribution in [0.5, 0.6) is 11.5 Å². The summed E-state index contributed by atoms with van der Waals surface area (Å²) in [5, 5.41) is 7.16. The number of fused-ring (bicyclic) bond motifs is 1. The van der Waals surface area contributed by atoms with Gasteiger partial charge < -0.3 is 19.5 Å². The zero-order valence-electron chi connectivity index (χ0n) is 16.9. The lowest BCUT2D eigenvalue weighted by atomic mass is 10.2. The van der Waals surface area contributed by atoms with Crippen molar-refractivity contribution in [2.75, 3.05) is 26.1 Å². The highest BCUT2D eigenvalue weighted by molar-refractivity contribution is 6.32. The molecule has 158 valence electrons. The molecule has 10 nitrogen and oxygen atoms in total. The zero-order chi connectivity index (χ0) is 21.8. The van der Waals surface area contributed by atoms with Gasteiger partial charge in [-0.1, -0.05) is 11.6 Å². The van der Waals surface area contributed by atoms with Gasteiger partial charge >= 0.3 is 5.97 Å². The standard InChI is InChI=1S/C19H20ClN5O5/c1-10-5-11(2)25-19(21-10)23-16(24-25)8-18(27)30-9-17(26)22-13-7-14(28-3)12(20)6-15(13)29-4/h5-7H,8-9H2,1-4H3,(H,22,26). The van der Waals surface area contributed by atoms with E-state index >= 15 is 0 Å². The van der Waals surface area contributed by atoms with Crippen LogP contribution in [0, 0.1) is 13.8 Å². The molecule has 3 rings (SSSR count). The highest BCUT2D eigenvalue weighted by Gasteiger charge is 2.16. The number of benzene rings is 1. The van der Waals surface area contributed by atoms with Crippen LogP contribution >= 0.6 is 11.6 Å². The molecular formula is C19H20ClN5O5. The Hall–Kier alpha value is -3.40. The van der Waals surface area contributed by atoms with Crippen LogP contribution in [0.15, 0.2) is 18.2 Å². The molecule has 0 aliphatic carbocycles. The SMILES string of the molecule is COc1cc(NC(=O)COC(=O)Cc2nc3nc(C)cc(C)n3n2)c(OC)cc1Cl. The third-order valence-electron chi connectivity index (χ3n) is 4.08. The monoisotopic (exact) mass is 433 g/mol. The van der Waals surface area contributed by atoms with Crippen molar-refractivity contribution in [2.24, 2.45) is 0 Å². The summed E-state index contributed by atoms with van der Waals surface area (Å²) in [5.74, 6) is 0.162. The number of nitrogens with one attached hydrogen (secondary N) is 1. The largest absolute Gasteiger partial charge is 0.495 e. The Morgan fingerprint density at radius 2 is 1.83 bits per heavy atom. The summed E-state index contributed by atoms with van der Waals surface area (Å²) in [4.78, 5) is 32.8. The van der Waals surface area contributed by atoms with Crippen molar-refractivity contribution in [1.29, 1.82) is 0 Å². The first-order valence-corrected chi connectivity index (χ1v) is 9.25. The van der Waals surface area contributed by atoms with Crippen LogP contribution in [0.3, 0.4) is 0 Å². The summed E-state index contributed by atoms with van der Waals surface area (Å²) in [5.41, 5.74) is 1.97. The Morgan fingerprint density at radius 3 is 2.53 bits per heavy atom. The van der Waals surface area contributed by atoms with Crippen LogP contribution < -0.4 is 14.8 Å². The summed E-state index contributed by atoms with van der Waals surface area (Å²) in [6.45, 7) is 3.22. The number of methoxy groups -OCH3 is 2. The lowest BCUT2D eigenvalue weighted by molar-refractivity contribution is -0.146. The van der Waals surface area contributed by atoms with E-state index in [9.17, 15) is 9.59 Å². The Morgan fingerprint density at radius 1 is 1.10 bits per heavy atom. The van der Waals surface area contributed by atoms with E-state index in [-0.39, 0.29) is 12.2 Å². The molecule has 0 spiro atoms. The van der Waals surface area contributed by atoms with Gasteiger partial charge in [-0.05, 0) is 19.9 Å². The number of nitrogens with zero attached hydrogens (tertiary/aromatic N) is 4. The van der Waals surface area contributed by atoms with Crippen LogP contribution in [0.25, 0.3) is 5.78 Å². The fourth-order valence-electron chi connectivity index (χ4n) is 2.75. The Labute approximate surface area is 177 Å². The first-order chi connectivity index (χ1) is 14.3. The van der Waals surface area contributed by atoms with Crippen molar-refractivity contribution < 1.29 is 23.8 Å². The molecule has 1 amide bonds. The maximum atomic E-state index is 12.2. The lowest BCUT2D eigenvalue weighted by Gasteiger charge is -2.13. The minimum Gasteiger partial charge on any atom is -0.495 e. The van der Waals surface area contributed by atoms with Gasteiger partial charge in [0.2, 0.25) is 0 Å². The second-order valence-corrected chi connectivity index (χ2v) is 6.76. The van der Waals surface area contributed by atoms with Crippen molar-refractivity contribution in [3.05, 3.63) is 40.4 Å². The Balaban J connectivity index is 1.60. The fraction of sp³-hybridized carbons (Fsp3) is 0.316. The molecule has 0 unspecified atom stereocenters. The van der Waals surface area contributed by atoms with E-state index in [1.807, 2.05) is 19.9 Å². The zero-order valence-corrected chi connectivity index (χ0v) is 17.6. The number of rotatable bonds is 7. The molecule has 1 aromatic carbocycles. The number of ether oxygens (including phenoxy) is 3. The van der Waals surface area contributed by atoms with Crippen LogP contribution in [-0.4, -0.2) is 52.3 Å². The van der Waals surface area contributed by atoms with Crippen LogP contribution in [0.1, 0.15) is 17.2 Å². The van der Waals surface area contributed by atoms with Gasteiger partial charge in [-0.3, -0.25) is 9.59 Å². The van der Waals surface area contributed by atoms with Gasteiger partial charge in [0.1, 0.15) is 17.9 Å². The maximum Gasteiger partial charge on any atom is 0.314 e. The van der Waals surface area contributed by atoms with Gasteiger partial charge in [0.25, 0.3) is 11.7 Å². The summed E-state index contributed by atoms with van der Waals surface area (Å²) in [6, 6.07) is 4.88. The number of carbonyl (C=O) groups is 2. The number of esters is 1. The number of hydrogen-bond acceptors (Lipinski definition) is 8. The predicted octanol–water partition coefficient (Wildman–Crippen LogP) is 2.14. The predicted molar refractivity (Wildman–Crippen MR) is 108 cm³/mol. The highest BCUT2D eigenvalue weighted by Crippen LogP contribution is 2.35. The van der Waals surface area contributed by atoms with Gasteiger partial charge in [-0.15, -0.1) is 5.10 Å². The molecule has 0 fully saturated rings. The molecule has 0 atom stereocenters. The normalized spacial score (nSPS) is 10.7. The Bertz CT molecular complexity index is 1110. The van der Waals surface area contributed by atoms with Gasteiger partial charge in [-0.25, -0.2) is 9.50 Å². The third-order valence-corrected chi connectivity index (χ3v) is 4.37. The van der Waals surface area contributed by atoms with E-state index in [0.717, 1.165) is 11.4 Å². The molecule has 0 aliphatic rings. The number of hydrogen-bond donors (Lipinski definition) is 1. The topological polar surface area (TPSA) is 117 Å². The minimum atomic E-state index is -0.643. The summed E-state index contributed by atoms with van der Waals surface area (Å²) in [6.07, 6.45) is -0.187. The lowest BCUT2D eigenvalue weighted by Crippen LogP contribution is -2.22. The number of amides is 1. The molecule has 0 saturated heterocycles. The van der Waals surface area contributed by atoms with Crippen LogP contribution in [0.2, 0.25) is 5.02 Å².